The lowest BCUT2D eigenvalue weighted by atomic mass is 10.1. The number of hydrogen-bond donors (Lipinski definition) is 2. The van der Waals surface area contributed by atoms with E-state index >= 15 is 0 Å². The Morgan fingerprint density at radius 1 is 1.08 bits per heavy atom. The molecule has 0 spiro atoms. The molecule has 0 saturated carbocycles. The van der Waals surface area contributed by atoms with E-state index in [9.17, 15) is 13.2 Å². The monoisotopic (exact) mass is 346 g/mol. The minimum atomic E-state index is -3.43. The summed E-state index contributed by atoms with van der Waals surface area (Å²) in [5.41, 5.74) is 1.05. The first kappa shape index (κ1) is 18.2. The van der Waals surface area contributed by atoms with Gasteiger partial charge in [-0.25, -0.2) is 8.42 Å². The van der Waals surface area contributed by atoms with Crippen LogP contribution in [0.25, 0.3) is 0 Å². The molecule has 0 fully saturated rings. The van der Waals surface area contributed by atoms with Crippen LogP contribution in [0.15, 0.2) is 59.5 Å². The van der Waals surface area contributed by atoms with Crippen LogP contribution in [0.2, 0.25) is 0 Å². The third kappa shape index (κ3) is 4.91. The van der Waals surface area contributed by atoms with Crippen molar-refractivity contribution in [3.8, 4) is 0 Å². The van der Waals surface area contributed by atoms with Gasteiger partial charge in [-0.1, -0.05) is 30.3 Å². The van der Waals surface area contributed by atoms with Crippen LogP contribution < -0.4 is 10.6 Å². The zero-order valence-electron chi connectivity index (χ0n) is 13.8. The highest BCUT2D eigenvalue weighted by molar-refractivity contribution is 7.90. The standard InChI is InChI=1S/C18H22N2O3S/c1-14(19-2)12-20-18(21)16-8-6-7-15(11-16)13-24(22,23)17-9-4-3-5-10-17/h3-11,14,19H,12-13H2,1-2H3,(H,20,21). The molecule has 24 heavy (non-hydrogen) atoms. The normalized spacial score (nSPS) is 12.6. The van der Waals surface area contributed by atoms with E-state index in [0.717, 1.165) is 0 Å². The fourth-order valence-corrected chi connectivity index (χ4v) is 3.54. The zero-order chi connectivity index (χ0) is 17.6. The Balaban J connectivity index is 2.12. The van der Waals surface area contributed by atoms with Gasteiger partial charge in [0, 0.05) is 18.2 Å². The largest absolute Gasteiger partial charge is 0.350 e. The Labute approximate surface area is 143 Å². The Morgan fingerprint density at radius 2 is 1.79 bits per heavy atom. The van der Waals surface area contributed by atoms with Crippen LogP contribution in [-0.4, -0.2) is 34.0 Å². The second-order valence-electron chi connectivity index (χ2n) is 5.67. The van der Waals surface area contributed by atoms with Gasteiger partial charge in [-0.2, -0.15) is 0 Å². The first-order chi connectivity index (χ1) is 11.4. The topological polar surface area (TPSA) is 75.3 Å². The number of nitrogens with one attached hydrogen (secondary N) is 2. The Hall–Kier alpha value is -2.18. The summed E-state index contributed by atoms with van der Waals surface area (Å²) in [6.07, 6.45) is 0. The predicted octanol–water partition coefficient (Wildman–Crippen LogP) is 2.00. The van der Waals surface area contributed by atoms with Crippen molar-refractivity contribution in [1.29, 1.82) is 0 Å². The number of amides is 1. The second-order valence-corrected chi connectivity index (χ2v) is 7.66. The van der Waals surface area contributed by atoms with Crippen molar-refractivity contribution in [2.75, 3.05) is 13.6 Å². The highest BCUT2D eigenvalue weighted by atomic mass is 32.2. The van der Waals surface area contributed by atoms with E-state index in [1.807, 2.05) is 14.0 Å². The smallest absolute Gasteiger partial charge is 0.251 e. The fraction of sp³-hybridized carbons (Fsp3) is 0.278. The Kier molecular flexibility index (Phi) is 6.11. The molecule has 0 aliphatic carbocycles. The molecule has 0 radical (unpaired) electrons. The minimum absolute atomic E-state index is 0.134. The predicted molar refractivity (Wildman–Crippen MR) is 94.6 cm³/mol. The van der Waals surface area contributed by atoms with Crippen LogP contribution in [0.4, 0.5) is 0 Å². The third-order valence-electron chi connectivity index (χ3n) is 3.71. The Bertz CT molecular complexity index is 789. The molecule has 0 aliphatic rings. The molecule has 6 heteroatoms. The van der Waals surface area contributed by atoms with Gasteiger partial charge in [0.1, 0.15) is 0 Å². The van der Waals surface area contributed by atoms with E-state index in [4.69, 9.17) is 0 Å². The average Bonchev–Trinajstić information content (AvgIpc) is 2.60. The molecule has 0 heterocycles. The van der Waals surface area contributed by atoms with Gasteiger partial charge < -0.3 is 10.6 Å². The number of carbonyl (C=O) groups is 1. The maximum Gasteiger partial charge on any atom is 0.251 e. The van der Waals surface area contributed by atoms with Gasteiger partial charge in [-0.3, -0.25) is 4.79 Å². The van der Waals surface area contributed by atoms with E-state index in [-0.39, 0.29) is 22.6 Å². The average molecular weight is 346 g/mol. The fourth-order valence-electron chi connectivity index (χ4n) is 2.18. The molecular weight excluding hydrogens is 324 g/mol. The van der Waals surface area contributed by atoms with Crippen LogP contribution >= 0.6 is 0 Å². The molecule has 2 N–H and O–H groups in total. The molecule has 2 aromatic rings. The van der Waals surface area contributed by atoms with E-state index in [2.05, 4.69) is 10.6 Å². The molecule has 5 nitrogen and oxygen atoms in total. The number of rotatable bonds is 7. The van der Waals surface area contributed by atoms with Crippen LogP contribution in [-0.2, 0) is 15.6 Å². The molecule has 2 aromatic carbocycles. The maximum atomic E-state index is 12.4. The molecule has 0 saturated heterocycles. The second kappa shape index (κ2) is 8.08. The summed E-state index contributed by atoms with van der Waals surface area (Å²) in [5.74, 6) is -0.346. The van der Waals surface area contributed by atoms with Crippen LogP contribution in [0.1, 0.15) is 22.8 Å². The minimum Gasteiger partial charge on any atom is -0.350 e. The van der Waals surface area contributed by atoms with Crippen molar-refractivity contribution in [2.45, 2.75) is 23.6 Å². The third-order valence-corrected chi connectivity index (χ3v) is 5.41. The van der Waals surface area contributed by atoms with E-state index in [0.29, 0.717) is 17.7 Å². The lowest BCUT2D eigenvalue weighted by Gasteiger charge is -2.12. The molecule has 128 valence electrons. The van der Waals surface area contributed by atoms with Gasteiger partial charge in [-0.15, -0.1) is 0 Å². The lowest BCUT2D eigenvalue weighted by molar-refractivity contribution is 0.0950. The quantitative estimate of drug-likeness (QED) is 0.804. The van der Waals surface area contributed by atoms with Crippen LogP contribution in [0, 0.1) is 0 Å². The van der Waals surface area contributed by atoms with Gasteiger partial charge in [0.15, 0.2) is 9.84 Å². The first-order valence-corrected chi connectivity index (χ1v) is 9.40. The molecule has 0 aliphatic heterocycles. The number of likely N-dealkylation sites (N-methyl/N-ethyl adjacent to an activating group) is 1. The maximum absolute atomic E-state index is 12.4. The molecule has 0 bridgehead atoms. The summed E-state index contributed by atoms with van der Waals surface area (Å²) in [7, 11) is -1.60. The Morgan fingerprint density at radius 3 is 2.46 bits per heavy atom. The number of sulfone groups is 1. The van der Waals surface area contributed by atoms with Gasteiger partial charge in [0.05, 0.1) is 10.6 Å². The van der Waals surface area contributed by atoms with Crippen molar-refractivity contribution in [3.05, 3.63) is 65.7 Å². The van der Waals surface area contributed by atoms with Crippen molar-refractivity contribution in [1.82, 2.24) is 10.6 Å². The summed E-state index contributed by atoms with van der Waals surface area (Å²) in [5, 5.41) is 5.86. The number of hydrogen-bond acceptors (Lipinski definition) is 4. The highest BCUT2D eigenvalue weighted by Crippen LogP contribution is 2.17. The zero-order valence-corrected chi connectivity index (χ0v) is 14.6. The summed E-state index contributed by atoms with van der Waals surface area (Å²) >= 11 is 0. The van der Waals surface area contributed by atoms with Crippen LogP contribution in [0.3, 0.4) is 0 Å². The first-order valence-electron chi connectivity index (χ1n) is 7.74. The van der Waals surface area contributed by atoms with Crippen molar-refractivity contribution < 1.29 is 13.2 Å². The van der Waals surface area contributed by atoms with Gasteiger partial charge in [0.2, 0.25) is 0 Å². The molecule has 1 unspecified atom stereocenters. The SMILES string of the molecule is CNC(C)CNC(=O)c1cccc(CS(=O)(=O)c2ccccc2)c1. The lowest BCUT2D eigenvalue weighted by Crippen LogP contribution is -2.37. The summed E-state index contributed by atoms with van der Waals surface area (Å²) in [4.78, 5) is 12.4. The molecule has 2 rings (SSSR count). The van der Waals surface area contributed by atoms with Crippen molar-refractivity contribution >= 4 is 15.7 Å². The summed E-state index contributed by atoms with van der Waals surface area (Å²) < 4.78 is 24.9. The number of carbonyl (C=O) groups excluding carboxylic acids is 1. The molecular formula is C18H22N2O3S. The highest BCUT2D eigenvalue weighted by Gasteiger charge is 2.16. The van der Waals surface area contributed by atoms with Crippen LogP contribution in [0.5, 0.6) is 0 Å². The van der Waals surface area contributed by atoms with E-state index in [1.165, 1.54) is 0 Å². The molecule has 1 atom stereocenters. The summed E-state index contributed by atoms with van der Waals surface area (Å²) in [6.45, 7) is 2.46. The van der Waals surface area contributed by atoms with Crippen molar-refractivity contribution in [2.24, 2.45) is 0 Å². The summed E-state index contributed by atoms with van der Waals surface area (Å²) in [6, 6.07) is 15.2. The number of benzene rings is 2. The van der Waals surface area contributed by atoms with Crippen molar-refractivity contribution in [3.63, 3.8) is 0 Å². The van der Waals surface area contributed by atoms with E-state index < -0.39 is 9.84 Å². The molecule has 1 amide bonds. The van der Waals surface area contributed by atoms with Gasteiger partial charge >= 0.3 is 0 Å². The molecule has 0 aromatic heterocycles. The van der Waals surface area contributed by atoms with E-state index in [1.54, 1.807) is 54.6 Å². The van der Waals surface area contributed by atoms with Gasteiger partial charge in [-0.05, 0) is 43.8 Å². The van der Waals surface area contributed by atoms with Gasteiger partial charge in [0.25, 0.3) is 5.91 Å².